The minimum atomic E-state index is -0.236. The first-order chi connectivity index (χ1) is 9.11. The Morgan fingerprint density at radius 2 is 2.11 bits per heavy atom. The number of amides is 1. The third-order valence-electron chi connectivity index (χ3n) is 2.70. The second-order valence-corrected chi connectivity index (χ2v) is 4.11. The second kappa shape index (κ2) is 5.48. The molecule has 0 saturated heterocycles. The molecule has 2 aromatic rings. The number of aromatic nitrogens is 2. The zero-order valence-electron chi connectivity index (χ0n) is 10.9. The molecule has 0 unspecified atom stereocenters. The van der Waals surface area contributed by atoms with Gasteiger partial charge in [-0.2, -0.15) is 0 Å². The molecule has 0 aliphatic rings. The van der Waals surface area contributed by atoms with Crippen molar-refractivity contribution in [3.8, 4) is 5.75 Å². The number of rotatable bonds is 3. The van der Waals surface area contributed by atoms with Crippen molar-refractivity contribution < 1.29 is 9.90 Å². The highest BCUT2D eigenvalue weighted by Crippen LogP contribution is 2.21. The highest BCUT2D eigenvalue weighted by Gasteiger charge is 2.17. The van der Waals surface area contributed by atoms with Gasteiger partial charge in [0.05, 0.1) is 11.9 Å². The summed E-state index contributed by atoms with van der Waals surface area (Å²) in [5.41, 5.74) is 1.68. The molecule has 0 bridgehead atoms. The monoisotopic (exact) mass is 257 g/mol. The average molecular weight is 257 g/mol. The maximum Gasteiger partial charge on any atom is 0.278 e. The lowest BCUT2D eigenvalue weighted by molar-refractivity contribution is 0.0983. The van der Waals surface area contributed by atoms with Gasteiger partial charge >= 0.3 is 0 Å². The van der Waals surface area contributed by atoms with Gasteiger partial charge < -0.3 is 10.0 Å². The van der Waals surface area contributed by atoms with E-state index >= 15 is 0 Å². The minimum Gasteiger partial charge on any atom is -0.508 e. The summed E-state index contributed by atoms with van der Waals surface area (Å²) in [7, 11) is 0. The van der Waals surface area contributed by atoms with Crippen LogP contribution in [0.25, 0.3) is 0 Å². The molecule has 1 N–H and O–H groups in total. The molecule has 5 nitrogen and oxygen atoms in total. The first-order valence-corrected chi connectivity index (χ1v) is 6.01. The van der Waals surface area contributed by atoms with Crippen LogP contribution < -0.4 is 4.90 Å². The number of carbonyl (C=O) groups is 1. The smallest absolute Gasteiger partial charge is 0.278 e. The molecule has 1 aromatic heterocycles. The van der Waals surface area contributed by atoms with E-state index in [0.717, 1.165) is 5.69 Å². The van der Waals surface area contributed by atoms with Crippen LogP contribution in [-0.2, 0) is 0 Å². The van der Waals surface area contributed by atoms with Gasteiger partial charge in [0.1, 0.15) is 11.4 Å². The van der Waals surface area contributed by atoms with Crippen LogP contribution in [0.3, 0.4) is 0 Å². The highest BCUT2D eigenvalue weighted by atomic mass is 16.3. The number of aromatic hydroxyl groups is 1. The van der Waals surface area contributed by atoms with E-state index < -0.39 is 0 Å². The van der Waals surface area contributed by atoms with E-state index in [9.17, 15) is 9.90 Å². The minimum absolute atomic E-state index is 0.124. The van der Waals surface area contributed by atoms with Crippen molar-refractivity contribution >= 4 is 11.6 Å². The van der Waals surface area contributed by atoms with Crippen LogP contribution in [0.5, 0.6) is 5.75 Å². The number of nitrogens with zero attached hydrogens (tertiary/aromatic N) is 3. The zero-order chi connectivity index (χ0) is 13.8. The van der Waals surface area contributed by atoms with Gasteiger partial charge in [0, 0.05) is 24.5 Å². The number of benzene rings is 1. The molecule has 19 heavy (non-hydrogen) atoms. The summed E-state index contributed by atoms with van der Waals surface area (Å²) in [6.45, 7) is 4.16. The van der Waals surface area contributed by atoms with E-state index in [2.05, 4.69) is 9.97 Å². The van der Waals surface area contributed by atoms with E-state index in [1.165, 1.54) is 6.20 Å². The lowest BCUT2D eigenvalue weighted by Gasteiger charge is -2.20. The summed E-state index contributed by atoms with van der Waals surface area (Å²) in [5.74, 6) is -0.112. The van der Waals surface area contributed by atoms with Crippen molar-refractivity contribution in [1.82, 2.24) is 9.97 Å². The van der Waals surface area contributed by atoms with Crippen LogP contribution in [0, 0.1) is 6.92 Å². The van der Waals surface area contributed by atoms with Crippen molar-refractivity contribution in [3.05, 3.63) is 48.0 Å². The Kier molecular flexibility index (Phi) is 3.75. The molecule has 1 heterocycles. The Morgan fingerprint density at radius 3 is 2.68 bits per heavy atom. The molecule has 0 aliphatic heterocycles. The summed E-state index contributed by atoms with van der Waals surface area (Å²) < 4.78 is 0. The lowest BCUT2D eigenvalue weighted by Crippen LogP contribution is -2.31. The van der Waals surface area contributed by atoms with Crippen molar-refractivity contribution in [2.75, 3.05) is 11.4 Å². The van der Waals surface area contributed by atoms with E-state index in [-0.39, 0.29) is 17.4 Å². The molecule has 1 amide bonds. The van der Waals surface area contributed by atoms with Gasteiger partial charge in [-0.3, -0.25) is 9.78 Å². The van der Waals surface area contributed by atoms with E-state index in [1.807, 2.05) is 13.8 Å². The maximum atomic E-state index is 12.3. The lowest BCUT2D eigenvalue weighted by atomic mass is 10.2. The number of phenols is 1. The summed E-state index contributed by atoms with van der Waals surface area (Å²) in [6, 6.07) is 6.57. The third-order valence-corrected chi connectivity index (χ3v) is 2.70. The molecule has 98 valence electrons. The first kappa shape index (κ1) is 13.0. The van der Waals surface area contributed by atoms with Crippen molar-refractivity contribution in [1.29, 1.82) is 0 Å². The van der Waals surface area contributed by atoms with E-state index in [4.69, 9.17) is 0 Å². The predicted molar refractivity (Wildman–Crippen MR) is 72.2 cm³/mol. The van der Waals surface area contributed by atoms with Gasteiger partial charge in [0.15, 0.2) is 0 Å². The van der Waals surface area contributed by atoms with Crippen LogP contribution in [0.4, 0.5) is 5.69 Å². The van der Waals surface area contributed by atoms with Gasteiger partial charge in [0.2, 0.25) is 0 Å². The summed E-state index contributed by atoms with van der Waals surface area (Å²) in [6.07, 6.45) is 3.02. The number of anilines is 1. The molecule has 0 radical (unpaired) electrons. The van der Waals surface area contributed by atoms with Crippen molar-refractivity contribution in [3.63, 3.8) is 0 Å². The zero-order valence-corrected chi connectivity index (χ0v) is 10.9. The maximum absolute atomic E-state index is 12.3. The van der Waals surface area contributed by atoms with Crippen LogP contribution in [0.15, 0.2) is 36.7 Å². The number of hydrogen-bond donors (Lipinski definition) is 1. The molecule has 0 saturated carbocycles. The molecule has 2 rings (SSSR count). The number of phenolic OH excluding ortho intramolecular Hbond substituents is 1. The molecule has 1 aromatic carbocycles. The van der Waals surface area contributed by atoms with Gasteiger partial charge in [-0.1, -0.05) is 6.07 Å². The van der Waals surface area contributed by atoms with E-state index in [1.54, 1.807) is 35.4 Å². The highest BCUT2D eigenvalue weighted by molar-refractivity contribution is 6.04. The fourth-order valence-electron chi connectivity index (χ4n) is 1.75. The third kappa shape index (κ3) is 2.88. The fourth-order valence-corrected chi connectivity index (χ4v) is 1.75. The summed E-state index contributed by atoms with van der Waals surface area (Å²) in [5, 5.41) is 9.48. The fraction of sp³-hybridized carbons (Fsp3) is 0.214. The Hall–Kier alpha value is -2.43. The van der Waals surface area contributed by atoms with Crippen LogP contribution in [0.2, 0.25) is 0 Å². The second-order valence-electron chi connectivity index (χ2n) is 4.11. The molecular formula is C14H15N3O2. The summed E-state index contributed by atoms with van der Waals surface area (Å²) >= 11 is 0. The molecular weight excluding hydrogens is 242 g/mol. The van der Waals surface area contributed by atoms with Gasteiger partial charge in [0.25, 0.3) is 5.91 Å². The largest absolute Gasteiger partial charge is 0.508 e. The van der Waals surface area contributed by atoms with Crippen molar-refractivity contribution in [2.45, 2.75) is 13.8 Å². The summed E-state index contributed by atoms with van der Waals surface area (Å²) in [4.78, 5) is 22.0. The number of aryl methyl sites for hydroxylation is 1. The molecule has 0 aliphatic carbocycles. The van der Waals surface area contributed by atoms with Gasteiger partial charge in [-0.25, -0.2) is 4.98 Å². The Morgan fingerprint density at radius 1 is 1.32 bits per heavy atom. The van der Waals surface area contributed by atoms with E-state index in [0.29, 0.717) is 12.2 Å². The Balaban J connectivity index is 2.31. The van der Waals surface area contributed by atoms with Crippen LogP contribution in [0.1, 0.15) is 23.1 Å². The quantitative estimate of drug-likeness (QED) is 0.915. The average Bonchev–Trinajstić information content (AvgIpc) is 2.40. The first-order valence-electron chi connectivity index (χ1n) is 6.01. The van der Waals surface area contributed by atoms with Crippen molar-refractivity contribution in [2.24, 2.45) is 0 Å². The van der Waals surface area contributed by atoms with Gasteiger partial charge in [-0.05, 0) is 26.0 Å². The Bertz CT molecular complexity index is 581. The van der Waals surface area contributed by atoms with Crippen LogP contribution in [-0.4, -0.2) is 27.5 Å². The Labute approximate surface area is 111 Å². The predicted octanol–water partition coefficient (Wildman–Crippen LogP) is 2.16. The molecule has 0 spiro atoms. The normalized spacial score (nSPS) is 10.2. The molecule has 5 heteroatoms. The number of hydrogen-bond acceptors (Lipinski definition) is 4. The molecule has 0 atom stereocenters. The SMILES string of the molecule is CCN(C(=O)c1cnc(C)cn1)c1cccc(O)c1. The number of carbonyl (C=O) groups excluding carboxylic acids is 1. The van der Waals surface area contributed by atoms with Gasteiger partial charge in [-0.15, -0.1) is 0 Å². The standard InChI is InChI=1S/C14H15N3O2/c1-3-17(11-5-4-6-12(18)7-11)14(19)13-9-15-10(2)8-16-13/h4-9,18H,3H2,1-2H3. The topological polar surface area (TPSA) is 66.3 Å². The van der Waals surface area contributed by atoms with Crippen LogP contribution >= 0.6 is 0 Å². The molecule has 0 fully saturated rings.